The molecule has 0 amide bonds. The van der Waals surface area contributed by atoms with Crippen LogP contribution in [0.1, 0.15) is 43.5 Å². The number of carbonyl (C=O) groups is 2. The number of allylic oxidation sites excluding steroid dienone is 1. The van der Waals surface area contributed by atoms with Crippen LogP contribution in [0.4, 0.5) is 0 Å². The maximum atomic E-state index is 11.8. The van der Waals surface area contributed by atoms with Gasteiger partial charge in [0.05, 0.1) is 0 Å². The first-order valence-corrected chi connectivity index (χ1v) is 6.00. The van der Waals surface area contributed by atoms with Crippen LogP contribution in [0.25, 0.3) is 0 Å². The normalized spacial score (nSPS) is 9.89. The highest BCUT2D eigenvalue weighted by Gasteiger charge is 2.11. The van der Waals surface area contributed by atoms with Gasteiger partial charge in [0, 0.05) is 17.6 Å². The summed E-state index contributed by atoms with van der Waals surface area (Å²) < 4.78 is 0. The zero-order chi connectivity index (χ0) is 13.5. The van der Waals surface area contributed by atoms with E-state index in [4.69, 9.17) is 5.11 Å². The molecule has 18 heavy (non-hydrogen) atoms. The van der Waals surface area contributed by atoms with Crippen LogP contribution < -0.4 is 0 Å². The topological polar surface area (TPSA) is 54.4 Å². The van der Waals surface area contributed by atoms with E-state index < -0.39 is 5.97 Å². The summed E-state index contributed by atoms with van der Waals surface area (Å²) in [5, 5.41) is 8.98. The predicted molar refractivity (Wildman–Crippen MR) is 70.6 cm³/mol. The van der Waals surface area contributed by atoms with Gasteiger partial charge in [-0.2, -0.15) is 0 Å². The summed E-state index contributed by atoms with van der Waals surface area (Å²) in [6.07, 6.45) is 1.39. The Bertz CT molecular complexity index is 454. The molecule has 0 spiro atoms. The highest BCUT2D eigenvalue weighted by atomic mass is 16.4. The van der Waals surface area contributed by atoms with Crippen molar-refractivity contribution in [1.29, 1.82) is 0 Å². The van der Waals surface area contributed by atoms with Crippen molar-refractivity contribution in [1.82, 2.24) is 0 Å². The molecule has 0 heterocycles. The SMILES string of the molecule is CC(C)=C(CCCC(=O)c1ccccc1)C(=O)O. The monoisotopic (exact) mass is 246 g/mol. The van der Waals surface area contributed by atoms with Crippen molar-refractivity contribution >= 4 is 11.8 Å². The van der Waals surface area contributed by atoms with E-state index in [1.165, 1.54) is 0 Å². The molecule has 0 saturated heterocycles. The molecule has 3 heteroatoms. The van der Waals surface area contributed by atoms with Gasteiger partial charge in [-0.3, -0.25) is 4.79 Å². The summed E-state index contributed by atoms with van der Waals surface area (Å²) in [6, 6.07) is 9.07. The molecule has 0 aliphatic carbocycles. The van der Waals surface area contributed by atoms with Gasteiger partial charge in [-0.25, -0.2) is 4.79 Å². The van der Waals surface area contributed by atoms with Crippen molar-refractivity contribution in [2.45, 2.75) is 33.1 Å². The van der Waals surface area contributed by atoms with Crippen molar-refractivity contribution < 1.29 is 14.7 Å². The largest absolute Gasteiger partial charge is 0.478 e. The summed E-state index contributed by atoms with van der Waals surface area (Å²) in [4.78, 5) is 22.7. The molecular formula is C15H18O3. The fraction of sp³-hybridized carbons (Fsp3) is 0.333. The Morgan fingerprint density at radius 1 is 1.06 bits per heavy atom. The second-order valence-electron chi connectivity index (χ2n) is 4.43. The van der Waals surface area contributed by atoms with E-state index in [1.54, 1.807) is 26.0 Å². The lowest BCUT2D eigenvalue weighted by Crippen LogP contribution is -2.04. The number of ketones is 1. The number of hydrogen-bond donors (Lipinski definition) is 1. The van der Waals surface area contributed by atoms with Gasteiger partial charge in [0.15, 0.2) is 5.78 Å². The van der Waals surface area contributed by atoms with E-state index >= 15 is 0 Å². The van der Waals surface area contributed by atoms with Gasteiger partial charge in [0.1, 0.15) is 0 Å². The Morgan fingerprint density at radius 2 is 1.67 bits per heavy atom. The Morgan fingerprint density at radius 3 is 2.17 bits per heavy atom. The van der Waals surface area contributed by atoms with Gasteiger partial charge in [-0.05, 0) is 26.7 Å². The molecule has 0 unspecified atom stereocenters. The lowest BCUT2D eigenvalue weighted by molar-refractivity contribution is -0.132. The van der Waals surface area contributed by atoms with Crippen molar-refractivity contribution in [3.63, 3.8) is 0 Å². The molecule has 0 aromatic heterocycles. The summed E-state index contributed by atoms with van der Waals surface area (Å²) in [5.41, 5.74) is 1.90. The minimum absolute atomic E-state index is 0.0640. The van der Waals surface area contributed by atoms with Gasteiger partial charge in [-0.15, -0.1) is 0 Å². The lowest BCUT2D eigenvalue weighted by atomic mass is 10.0. The van der Waals surface area contributed by atoms with E-state index in [2.05, 4.69) is 0 Å². The van der Waals surface area contributed by atoms with E-state index in [0.29, 0.717) is 30.4 Å². The molecule has 0 atom stereocenters. The smallest absolute Gasteiger partial charge is 0.331 e. The van der Waals surface area contributed by atoms with Crippen molar-refractivity contribution in [2.75, 3.05) is 0 Å². The zero-order valence-corrected chi connectivity index (χ0v) is 10.8. The summed E-state index contributed by atoms with van der Waals surface area (Å²) >= 11 is 0. The van der Waals surface area contributed by atoms with E-state index in [1.807, 2.05) is 18.2 Å². The number of carbonyl (C=O) groups excluding carboxylic acids is 1. The van der Waals surface area contributed by atoms with Gasteiger partial charge in [0.25, 0.3) is 0 Å². The van der Waals surface area contributed by atoms with Crippen molar-refractivity contribution in [3.05, 3.63) is 47.0 Å². The van der Waals surface area contributed by atoms with Gasteiger partial charge in [0.2, 0.25) is 0 Å². The van der Waals surface area contributed by atoms with Crippen LogP contribution in [0.2, 0.25) is 0 Å². The number of aliphatic carboxylic acids is 1. The second-order valence-corrected chi connectivity index (χ2v) is 4.43. The zero-order valence-electron chi connectivity index (χ0n) is 10.8. The van der Waals surface area contributed by atoms with Crippen LogP contribution in [0.5, 0.6) is 0 Å². The van der Waals surface area contributed by atoms with Crippen molar-refractivity contribution in [3.8, 4) is 0 Å². The van der Waals surface area contributed by atoms with Crippen LogP contribution in [-0.2, 0) is 4.79 Å². The molecule has 0 bridgehead atoms. The molecule has 96 valence electrons. The van der Waals surface area contributed by atoms with Gasteiger partial charge < -0.3 is 5.11 Å². The fourth-order valence-electron chi connectivity index (χ4n) is 1.76. The quantitative estimate of drug-likeness (QED) is 0.617. The molecular weight excluding hydrogens is 228 g/mol. The second kappa shape index (κ2) is 6.74. The van der Waals surface area contributed by atoms with Crippen LogP contribution in [-0.4, -0.2) is 16.9 Å². The third-order valence-electron chi connectivity index (χ3n) is 2.79. The Kier molecular flexibility index (Phi) is 5.31. The lowest BCUT2D eigenvalue weighted by Gasteiger charge is -2.04. The summed E-state index contributed by atoms with van der Waals surface area (Å²) in [6.45, 7) is 3.56. The number of rotatable bonds is 6. The minimum atomic E-state index is -0.887. The number of carboxylic acids is 1. The van der Waals surface area contributed by atoms with Crippen LogP contribution in [0.15, 0.2) is 41.5 Å². The first-order chi connectivity index (χ1) is 8.52. The molecule has 0 radical (unpaired) electrons. The van der Waals surface area contributed by atoms with Crippen LogP contribution in [0, 0.1) is 0 Å². The molecule has 0 aliphatic heterocycles. The Hall–Kier alpha value is -1.90. The third-order valence-corrected chi connectivity index (χ3v) is 2.79. The van der Waals surface area contributed by atoms with Gasteiger partial charge >= 0.3 is 5.97 Å². The molecule has 0 fully saturated rings. The number of carboxylic acid groups (broad SMARTS) is 1. The average molecular weight is 246 g/mol. The predicted octanol–water partition coefficient (Wildman–Crippen LogP) is 3.46. The van der Waals surface area contributed by atoms with E-state index in [-0.39, 0.29) is 5.78 Å². The number of hydrogen-bond acceptors (Lipinski definition) is 2. The standard InChI is InChI=1S/C15H18O3/c1-11(2)13(15(17)18)9-6-10-14(16)12-7-4-3-5-8-12/h3-5,7-8H,6,9-10H2,1-2H3,(H,17,18). The Labute approximate surface area is 107 Å². The molecule has 0 aliphatic rings. The van der Waals surface area contributed by atoms with Crippen LogP contribution >= 0.6 is 0 Å². The third kappa shape index (κ3) is 4.17. The summed E-state index contributed by atoms with van der Waals surface area (Å²) in [5.74, 6) is -0.823. The molecule has 1 aromatic carbocycles. The van der Waals surface area contributed by atoms with E-state index in [0.717, 1.165) is 5.57 Å². The van der Waals surface area contributed by atoms with Gasteiger partial charge in [-0.1, -0.05) is 35.9 Å². The highest BCUT2D eigenvalue weighted by molar-refractivity contribution is 5.96. The van der Waals surface area contributed by atoms with E-state index in [9.17, 15) is 9.59 Å². The van der Waals surface area contributed by atoms with Crippen LogP contribution in [0.3, 0.4) is 0 Å². The maximum Gasteiger partial charge on any atom is 0.331 e. The Balaban J connectivity index is 2.50. The highest BCUT2D eigenvalue weighted by Crippen LogP contribution is 2.14. The molecule has 1 aromatic rings. The average Bonchev–Trinajstić information content (AvgIpc) is 2.34. The molecule has 3 nitrogen and oxygen atoms in total. The fourth-order valence-corrected chi connectivity index (χ4v) is 1.76. The molecule has 1 N–H and O–H groups in total. The molecule has 0 saturated carbocycles. The first-order valence-electron chi connectivity index (χ1n) is 6.00. The first kappa shape index (κ1) is 14.2. The molecule has 1 rings (SSSR count). The number of benzene rings is 1. The summed E-state index contributed by atoms with van der Waals surface area (Å²) in [7, 11) is 0. The minimum Gasteiger partial charge on any atom is -0.478 e. The van der Waals surface area contributed by atoms with Crippen molar-refractivity contribution in [2.24, 2.45) is 0 Å². The number of Topliss-reactive ketones (excluding diaryl/α,β-unsaturated/α-hetero) is 1. The maximum absolute atomic E-state index is 11.8.